The Kier molecular flexibility index (Phi) is 15.6. The summed E-state index contributed by atoms with van der Waals surface area (Å²) >= 11 is 0. The van der Waals surface area contributed by atoms with Crippen molar-refractivity contribution in [1.29, 1.82) is 0 Å². The van der Waals surface area contributed by atoms with Gasteiger partial charge in [0.25, 0.3) is 0 Å². The Morgan fingerprint density at radius 3 is 1.55 bits per heavy atom. The topological polar surface area (TPSA) is 36.9 Å². The minimum atomic E-state index is -2.07. The Balaban J connectivity index is 4.98. The number of ether oxygens (including phenoxy) is 2. The second-order valence-electron chi connectivity index (χ2n) is 10.7. The maximum Gasteiger partial charge on any atom is 0.204 e. The summed E-state index contributed by atoms with van der Waals surface area (Å²) in [7, 11) is -5.64. The molecule has 0 radical (unpaired) electrons. The van der Waals surface area contributed by atoms with Crippen molar-refractivity contribution in [2.75, 3.05) is 26.4 Å². The van der Waals surface area contributed by atoms with Crippen LogP contribution in [-0.2, 0) is 18.0 Å². The van der Waals surface area contributed by atoms with Crippen LogP contribution in [0, 0.1) is 0 Å². The van der Waals surface area contributed by atoms with E-state index in [9.17, 15) is 0 Å². The van der Waals surface area contributed by atoms with Crippen LogP contribution in [-0.4, -0.2) is 56.6 Å². The first kappa shape index (κ1) is 31.5. The van der Waals surface area contributed by atoms with Gasteiger partial charge in [-0.15, -0.1) is 0 Å². The van der Waals surface area contributed by atoms with Crippen molar-refractivity contribution in [3.05, 3.63) is 0 Å². The van der Waals surface area contributed by atoms with Crippen molar-refractivity contribution in [3.8, 4) is 0 Å². The SMILES string of the molecule is CCCCOCCC[Si](C)(C)O[Si](C)(C)C(CC)(CC)O[Si](C)(C)CCCOCCC. The molecule has 0 unspecified atom stereocenters. The summed E-state index contributed by atoms with van der Waals surface area (Å²) < 4.78 is 25.7. The molecule has 0 aromatic rings. The molecule has 0 fully saturated rings. The van der Waals surface area contributed by atoms with Gasteiger partial charge in [0.15, 0.2) is 16.6 Å². The van der Waals surface area contributed by atoms with Crippen LogP contribution >= 0.6 is 0 Å². The van der Waals surface area contributed by atoms with E-state index in [4.69, 9.17) is 18.0 Å². The molecule has 0 aromatic heterocycles. The van der Waals surface area contributed by atoms with E-state index in [1.54, 1.807) is 0 Å². The van der Waals surface area contributed by atoms with Crippen LogP contribution in [0.2, 0.25) is 51.4 Å². The van der Waals surface area contributed by atoms with Crippen molar-refractivity contribution < 1.29 is 18.0 Å². The highest BCUT2D eigenvalue weighted by Crippen LogP contribution is 2.39. The van der Waals surface area contributed by atoms with Gasteiger partial charge in [-0.3, -0.25) is 0 Å². The van der Waals surface area contributed by atoms with E-state index >= 15 is 0 Å². The van der Waals surface area contributed by atoms with Crippen molar-refractivity contribution >= 4 is 25.0 Å². The van der Waals surface area contributed by atoms with E-state index in [0.717, 1.165) is 77.0 Å². The molecule has 0 N–H and O–H groups in total. The predicted octanol–water partition coefficient (Wildman–Crippen LogP) is 7.76. The van der Waals surface area contributed by atoms with Gasteiger partial charge in [-0.05, 0) is 89.9 Å². The highest BCUT2D eigenvalue weighted by molar-refractivity contribution is 6.87. The van der Waals surface area contributed by atoms with E-state index in [2.05, 4.69) is 67.0 Å². The molecule has 31 heavy (non-hydrogen) atoms. The lowest BCUT2D eigenvalue weighted by Crippen LogP contribution is -2.64. The Morgan fingerprint density at radius 2 is 1.06 bits per heavy atom. The second kappa shape index (κ2) is 15.4. The quantitative estimate of drug-likeness (QED) is 0.128. The zero-order chi connectivity index (χ0) is 24.0. The molecule has 0 amide bonds. The molecule has 0 aromatic carbocycles. The fourth-order valence-corrected chi connectivity index (χ4v) is 18.2. The smallest absolute Gasteiger partial charge is 0.204 e. The predicted molar refractivity (Wildman–Crippen MR) is 144 cm³/mol. The van der Waals surface area contributed by atoms with Crippen LogP contribution in [0.4, 0.5) is 0 Å². The van der Waals surface area contributed by atoms with Crippen LogP contribution in [0.1, 0.15) is 72.6 Å². The molecule has 0 rings (SSSR count). The summed E-state index contributed by atoms with van der Waals surface area (Å²) in [6.45, 7) is 26.8. The van der Waals surface area contributed by atoms with Gasteiger partial charge in [0.2, 0.25) is 8.32 Å². The van der Waals surface area contributed by atoms with Crippen molar-refractivity contribution in [2.45, 2.75) is 129 Å². The Bertz CT molecular complexity index is 452. The van der Waals surface area contributed by atoms with Crippen LogP contribution in [0.15, 0.2) is 0 Å². The summed E-state index contributed by atoms with van der Waals surface area (Å²) in [6, 6.07) is 2.31. The summed E-state index contributed by atoms with van der Waals surface area (Å²) in [5.41, 5.74) is 0. The molecule has 0 aliphatic rings. The number of rotatable bonds is 20. The molecule has 0 spiro atoms. The zero-order valence-corrected chi connectivity index (χ0v) is 25.8. The summed E-state index contributed by atoms with van der Waals surface area (Å²) in [5.74, 6) is 0. The summed E-state index contributed by atoms with van der Waals surface area (Å²) in [5, 5.41) is -0.102. The molecule has 0 saturated heterocycles. The summed E-state index contributed by atoms with van der Waals surface area (Å²) in [4.78, 5) is 0. The maximum absolute atomic E-state index is 7.13. The lowest BCUT2D eigenvalue weighted by molar-refractivity contribution is 0.103. The van der Waals surface area contributed by atoms with E-state index in [0.29, 0.717) is 0 Å². The molecule has 188 valence electrons. The van der Waals surface area contributed by atoms with Gasteiger partial charge in [0, 0.05) is 26.4 Å². The third-order valence-electron chi connectivity index (χ3n) is 6.37. The van der Waals surface area contributed by atoms with Crippen LogP contribution in [0.5, 0.6) is 0 Å². The van der Waals surface area contributed by atoms with Gasteiger partial charge >= 0.3 is 0 Å². The normalized spacial score (nSPS) is 13.7. The Morgan fingerprint density at radius 1 is 0.581 bits per heavy atom. The molecule has 0 aliphatic carbocycles. The second-order valence-corrected chi connectivity index (χ2v) is 23.7. The van der Waals surface area contributed by atoms with Crippen molar-refractivity contribution in [1.82, 2.24) is 0 Å². The maximum atomic E-state index is 7.13. The van der Waals surface area contributed by atoms with Crippen LogP contribution < -0.4 is 0 Å². The molecule has 7 heteroatoms. The molecule has 0 heterocycles. The highest BCUT2D eigenvalue weighted by atomic mass is 28.4. The van der Waals surface area contributed by atoms with Crippen molar-refractivity contribution in [2.24, 2.45) is 0 Å². The van der Waals surface area contributed by atoms with Gasteiger partial charge in [-0.1, -0.05) is 34.1 Å². The average Bonchev–Trinajstić information content (AvgIpc) is 2.67. The summed E-state index contributed by atoms with van der Waals surface area (Å²) in [6.07, 6.45) is 7.74. The molecule has 0 bridgehead atoms. The first-order valence-corrected chi connectivity index (χ1v) is 22.1. The highest BCUT2D eigenvalue weighted by Gasteiger charge is 2.51. The number of unbranched alkanes of at least 4 members (excludes halogenated alkanes) is 1. The van der Waals surface area contributed by atoms with Gasteiger partial charge in [0.05, 0.1) is 5.22 Å². The Hall–Kier alpha value is 0.491. The number of hydrogen-bond donors (Lipinski definition) is 0. The monoisotopic (exact) mass is 492 g/mol. The van der Waals surface area contributed by atoms with Gasteiger partial charge < -0.3 is 18.0 Å². The molecule has 0 saturated carbocycles. The molecule has 0 atom stereocenters. The molecular weight excluding hydrogens is 437 g/mol. The third-order valence-corrected chi connectivity index (χ3v) is 17.9. The van der Waals surface area contributed by atoms with E-state index in [-0.39, 0.29) is 5.22 Å². The van der Waals surface area contributed by atoms with Gasteiger partial charge in [-0.2, -0.15) is 0 Å². The average molecular weight is 493 g/mol. The van der Waals surface area contributed by atoms with E-state index < -0.39 is 25.0 Å². The van der Waals surface area contributed by atoms with E-state index in [1.807, 2.05) is 0 Å². The van der Waals surface area contributed by atoms with Crippen LogP contribution in [0.3, 0.4) is 0 Å². The number of hydrogen-bond acceptors (Lipinski definition) is 4. The van der Waals surface area contributed by atoms with Gasteiger partial charge in [0.1, 0.15) is 0 Å². The first-order chi connectivity index (χ1) is 14.4. The fourth-order valence-electron chi connectivity index (χ4n) is 4.58. The Labute approximate surface area is 198 Å². The minimum absolute atomic E-state index is 0.102. The van der Waals surface area contributed by atoms with Gasteiger partial charge in [-0.25, -0.2) is 0 Å². The molecule has 0 aliphatic heterocycles. The third kappa shape index (κ3) is 12.5. The largest absolute Gasteiger partial charge is 0.454 e. The molecular formula is C24H56O4Si3. The fraction of sp³-hybridized carbons (Fsp3) is 1.00. The minimum Gasteiger partial charge on any atom is -0.454 e. The standard InChI is InChI=1S/C24H56O4Si3/c1-11-15-19-26-21-17-23-30(7,8)28-31(9,10)24(13-3,14-4)27-29(5,6)22-16-20-25-18-12-2/h11-23H2,1-10H3. The van der Waals surface area contributed by atoms with Crippen molar-refractivity contribution in [3.63, 3.8) is 0 Å². The lowest BCUT2D eigenvalue weighted by atomic mass is 10.2. The van der Waals surface area contributed by atoms with E-state index in [1.165, 1.54) is 6.42 Å². The molecule has 4 nitrogen and oxygen atoms in total. The first-order valence-electron chi connectivity index (χ1n) is 13.0. The lowest BCUT2D eigenvalue weighted by Gasteiger charge is -2.50. The zero-order valence-electron chi connectivity index (χ0n) is 22.8. The van der Waals surface area contributed by atoms with Crippen LogP contribution in [0.25, 0.3) is 0 Å².